The molecular weight excluding hydrogens is 419 g/mol. The molecule has 0 N–H and O–H groups in total. The number of hydrogen-bond acceptors (Lipinski definition) is 3. The van der Waals surface area contributed by atoms with Gasteiger partial charge >= 0.3 is 0 Å². The molecular formula is C19H23IO2S. The summed E-state index contributed by atoms with van der Waals surface area (Å²) in [5.74, 6) is 4.51. The number of ketones is 2. The fraction of sp³-hybridized carbons (Fsp3) is 0.684. The van der Waals surface area contributed by atoms with E-state index in [2.05, 4.69) is 46.2 Å². The van der Waals surface area contributed by atoms with Gasteiger partial charge in [0.05, 0.1) is 0 Å². The molecule has 0 heterocycles. The summed E-state index contributed by atoms with van der Waals surface area (Å²) in [5.41, 5.74) is 1.39. The molecule has 0 aliphatic heterocycles. The number of carbonyl (C=O) groups is 2. The fourth-order valence-corrected chi connectivity index (χ4v) is 5.92. The van der Waals surface area contributed by atoms with Crippen LogP contribution in [0.15, 0.2) is 11.6 Å². The van der Waals surface area contributed by atoms with E-state index in [1.165, 1.54) is 14.5 Å². The molecule has 0 radical (unpaired) electrons. The number of rotatable bonds is 1. The van der Waals surface area contributed by atoms with Crippen LogP contribution in [-0.4, -0.2) is 11.6 Å². The lowest BCUT2D eigenvalue weighted by Gasteiger charge is -2.57. The van der Waals surface area contributed by atoms with Gasteiger partial charge in [-0.25, -0.2) is 0 Å². The molecule has 4 unspecified atom stereocenters. The predicted molar refractivity (Wildman–Crippen MR) is 103 cm³/mol. The van der Waals surface area contributed by atoms with E-state index in [4.69, 9.17) is 0 Å². The minimum absolute atomic E-state index is 0.000798. The van der Waals surface area contributed by atoms with Crippen molar-refractivity contribution in [3.05, 3.63) is 11.6 Å². The third kappa shape index (κ3) is 2.93. The van der Waals surface area contributed by atoms with Gasteiger partial charge in [-0.05, 0) is 57.3 Å². The van der Waals surface area contributed by atoms with Crippen LogP contribution < -0.4 is 0 Å². The fourth-order valence-electron chi connectivity index (χ4n) is 5.33. The second kappa shape index (κ2) is 6.55. The van der Waals surface area contributed by atoms with Gasteiger partial charge in [0.2, 0.25) is 0 Å². The first-order valence-corrected chi connectivity index (χ1v) is 11.8. The summed E-state index contributed by atoms with van der Waals surface area (Å²) in [6, 6.07) is 0. The lowest BCUT2D eigenvalue weighted by molar-refractivity contribution is -0.132. The van der Waals surface area contributed by atoms with Crippen LogP contribution in [-0.2, 0) is 9.59 Å². The van der Waals surface area contributed by atoms with Crippen LogP contribution in [0.3, 0.4) is 0 Å². The molecule has 3 aliphatic rings. The second-order valence-corrected chi connectivity index (χ2v) is 9.33. The van der Waals surface area contributed by atoms with E-state index in [0.717, 1.165) is 32.1 Å². The van der Waals surface area contributed by atoms with Gasteiger partial charge in [0.1, 0.15) is 5.78 Å². The lowest BCUT2D eigenvalue weighted by atomic mass is 9.46. The van der Waals surface area contributed by atoms with Gasteiger partial charge in [0, 0.05) is 51.8 Å². The van der Waals surface area contributed by atoms with Gasteiger partial charge in [0.25, 0.3) is 0 Å². The molecule has 3 rings (SSSR count). The summed E-state index contributed by atoms with van der Waals surface area (Å²) in [6.07, 6.45) is 8.10. The van der Waals surface area contributed by atoms with Crippen LogP contribution in [0.1, 0.15) is 58.8 Å². The summed E-state index contributed by atoms with van der Waals surface area (Å²) in [6.45, 7) is 4.40. The number of hydrogen-bond donors (Lipinski definition) is 0. The Balaban J connectivity index is 2.02. The van der Waals surface area contributed by atoms with E-state index in [0.29, 0.717) is 24.5 Å². The Hall–Kier alpha value is -0.280. The molecule has 2 nitrogen and oxygen atoms in total. The third-order valence-corrected chi connectivity index (χ3v) is 7.52. The van der Waals surface area contributed by atoms with E-state index in [9.17, 15) is 9.59 Å². The number of fused-ring (bicyclic) bond motifs is 3. The Labute approximate surface area is 155 Å². The molecule has 23 heavy (non-hydrogen) atoms. The highest BCUT2D eigenvalue weighted by atomic mass is 127. The Morgan fingerprint density at radius 3 is 2.83 bits per heavy atom. The third-order valence-electron chi connectivity index (χ3n) is 6.63. The van der Waals surface area contributed by atoms with Crippen LogP contribution in [0.4, 0.5) is 0 Å². The molecule has 3 aliphatic carbocycles. The van der Waals surface area contributed by atoms with Crippen molar-refractivity contribution in [3.63, 3.8) is 0 Å². The molecule has 0 aromatic rings. The van der Waals surface area contributed by atoms with Gasteiger partial charge in [0.15, 0.2) is 5.78 Å². The number of allylic oxidation sites excluding steroid dienone is 2. The summed E-state index contributed by atoms with van der Waals surface area (Å²) >= 11 is 2.20. The molecule has 4 heteroatoms. The van der Waals surface area contributed by atoms with Gasteiger partial charge in [-0.2, -0.15) is 0 Å². The molecule has 0 spiro atoms. The Kier molecular flexibility index (Phi) is 5.00. The molecule has 0 aromatic heterocycles. The van der Waals surface area contributed by atoms with E-state index >= 15 is 0 Å². The van der Waals surface area contributed by atoms with Gasteiger partial charge in [-0.15, -0.1) is 0 Å². The zero-order valence-electron chi connectivity index (χ0n) is 13.8. The zero-order valence-corrected chi connectivity index (χ0v) is 16.8. The van der Waals surface area contributed by atoms with Crippen molar-refractivity contribution in [1.82, 2.24) is 0 Å². The summed E-state index contributed by atoms with van der Waals surface area (Å²) in [4.78, 5) is 24.4. The van der Waals surface area contributed by atoms with Crippen molar-refractivity contribution in [2.75, 3.05) is 0 Å². The van der Waals surface area contributed by atoms with Crippen LogP contribution >= 0.6 is 30.1 Å². The quantitative estimate of drug-likeness (QED) is 0.418. The van der Waals surface area contributed by atoms with Gasteiger partial charge in [-0.1, -0.05) is 25.3 Å². The van der Waals surface area contributed by atoms with Crippen molar-refractivity contribution >= 4 is 41.7 Å². The van der Waals surface area contributed by atoms with E-state index in [-0.39, 0.29) is 22.5 Å². The molecule has 124 valence electrons. The molecule has 0 saturated heterocycles. The highest BCUT2D eigenvalue weighted by Gasteiger charge is 2.56. The molecule has 2 fully saturated rings. The zero-order chi connectivity index (χ0) is 16.7. The second-order valence-electron chi connectivity index (χ2n) is 7.66. The maximum Gasteiger partial charge on any atom is 0.155 e. The normalized spacial score (nSPS) is 39.7. The van der Waals surface area contributed by atoms with Crippen LogP contribution in [0.25, 0.3) is 0 Å². The molecule has 0 bridgehead atoms. The average molecular weight is 442 g/mol. The maximum absolute atomic E-state index is 12.2. The average Bonchev–Trinajstić information content (AvgIpc) is 2.53. The molecule has 0 aromatic carbocycles. The molecule has 4 atom stereocenters. The van der Waals surface area contributed by atoms with E-state index < -0.39 is 0 Å². The van der Waals surface area contributed by atoms with Gasteiger partial charge < -0.3 is 0 Å². The van der Waals surface area contributed by atoms with Crippen molar-refractivity contribution in [2.24, 2.45) is 22.7 Å². The molecule has 2 saturated carbocycles. The minimum atomic E-state index is 0.000798. The molecule has 0 amide bonds. The van der Waals surface area contributed by atoms with E-state index in [1.807, 2.05) is 6.08 Å². The topological polar surface area (TPSA) is 34.1 Å². The van der Waals surface area contributed by atoms with Crippen LogP contribution in [0.2, 0.25) is 0 Å². The Morgan fingerprint density at radius 1 is 1.30 bits per heavy atom. The number of Topliss-reactive ketones (excluding diaryl/α,β-unsaturated/α-hetero) is 1. The van der Waals surface area contributed by atoms with Crippen molar-refractivity contribution in [3.8, 4) is 11.2 Å². The van der Waals surface area contributed by atoms with Crippen LogP contribution in [0.5, 0.6) is 0 Å². The van der Waals surface area contributed by atoms with Gasteiger partial charge in [-0.3, -0.25) is 9.59 Å². The first kappa shape index (κ1) is 17.5. The summed E-state index contributed by atoms with van der Waals surface area (Å²) < 4.78 is 0. The monoisotopic (exact) mass is 442 g/mol. The predicted octanol–water partition coefficient (Wildman–Crippen LogP) is 5.11. The highest BCUT2D eigenvalue weighted by molar-refractivity contribution is 14.2. The first-order chi connectivity index (χ1) is 10.9. The Bertz CT molecular complexity index is 629. The summed E-state index contributed by atoms with van der Waals surface area (Å²) in [7, 11) is 1.53. The SMILES string of the molecule is CC1C(=O)CCC2(C)C3=CC(=O)CCC3(CC#CSI)CCC12. The minimum Gasteiger partial charge on any atom is -0.299 e. The van der Waals surface area contributed by atoms with Crippen LogP contribution in [0, 0.1) is 33.8 Å². The van der Waals surface area contributed by atoms with E-state index in [1.54, 1.807) is 0 Å². The highest BCUT2D eigenvalue weighted by Crippen LogP contribution is 2.63. The number of halogens is 1. The standard InChI is InChI=1S/C19H23IO2S/c1-13-15-5-10-19(7-3-11-23-20)9-4-14(21)12-17(19)18(15,2)8-6-16(13)22/h12-13,15H,4-10H2,1-2H3. The first-order valence-electron chi connectivity index (χ1n) is 8.47. The largest absolute Gasteiger partial charge is 0.299 e. The lowest BCUT2D eigenvalue weighted by Crippen LogP contribution is -2.51. The smallest absolute Gasteiger partial charge is 0.155 e. The van der Waals surface area contributed by atoms with Crippen molar-refractivity contribution < 1.29 is 9.59 Å². The maximum atomic E-state index is 12.2. The van der Waals surface area contributed by atoms with Crippen molar-refractivity contribution in [1.29, 1.82) is 0 Å². The summed E-state index contributed by atoms with van der Waals surface area (Å²) in [5, 5.41) is 3.12. The van der Waals surface area contributed by atoms with Crippen molar-refractivity contribution in [2.45, 2.75) is 58.8 Å². The number of carbonyl (C=O) groups excluding carboxylic acids is 2. The Morgan fingerprint density at radius 2 is 2.09 bits per heavy atom.